The van der Waals surface area contributed by atoms with Gasteiger partial charge >= 0.3 is 5.97 Å². The predicted octanol–water partition coefficient (Wildman–Crippen LogP) is 1.04. The van der Waals surface area contributed by atoms with Crippen LogP contribution in [-0.4, -0.2) is 31.7 Å². The fourth-order valence-corrected chi connectivity index (χ4v) is 2.10. The topological polar surface area (TPSA) is 94.0 Å². The van der Waals surface area contributed by atoms with Crippen molar-refractivity contribution in [3.63, 3.8) is 0 Å². The quantitative estimate of drug-likeness (QED) is 0.633. The molecule has 3 N–H and O–H groups in total. The second kappa shape index (κ2) is 5.87. The average molecular weight is 300 g/mol. The Morgan fingerprint density at radius 1 is 1.40 bits per heavy atom. The third-order valence-corrected chi connectivity index (χ3v) is 3.37. The Bertz CT molecular complexity index is 647. The van der Waals surface area contributed by atoms with Crippen molar-refractivity contribution >= 4 is 17.7 Å². The number of aromatic nitrogens is 3. The summed E-state index contributed by atoms with van der Waals surface area (Å²) in [5.74, 6) is 2.75. The molecule has 0 saturated heterocycles. The Morgan fingerprint density at radius 3 is 2.85 bits per heavy atom. The van der Waals surface area contributed by atoms with E-state index in [9.17, 15) is 13.6 Å². The van der Waals surface area contributed by atoms with Gasteiger partial charge in [0.05, 0.1) is 5.75 Å². The maximum atomic E-state index is 13.5. The molecule has 1 aromatic carbocycles. The number of nitrogens with two attached hydrogens (primary N) is 1. The molecule has 1 heterocycles. The van der Waals surface area contributed by atoms with Crippen LogP contribution in [0.5, 0.6) is 0 Å². The molecule has 0 saturated carbocycles. The van der Waals surface area contributed by atoms with Crippen LogP contribution in [0.3, 0.4) is 0 Å². The zero-order valence-corrected chi connectivity index (χ0v) is 10.9. The van der Waals surface area contributed by atoms with Crippen LogP contribution < -0.4 is 5.84 Å². The van der Waals surface area contributed by atoms with E-state index in [0.29, 0.717) is 0 Å². The Hall–Kier alpha value is -2.16. The first kappa shape index (κ1) is 14.3. The molecular formula is C11H10F2N4O2S. The van der Waals surface area contributed by atoms with Gasteiger partial charge in [0.1, 0.15) is 0 Å². The summed E-state index contributed by atoms with van der Waals surface area (Å²) in [6.07, 6.45) is -0.0409. The Morgan fingerprint density at radius 2 is 2.15 bits per heavy atom. The Balaban J connectivity index is 2.18. The molecule has 2 rings (SSSR count). The molecule has 1 aromatic heterocycles. The molecule has 0 aliphatic rings. The molecule has 2 aromatic rings. The van der Waals surface area contributed by atoms with Gasteiger partial charge in [-0.2, -0.15) is 0 Å². The number of halogens is 2. The fraction of sp³-hybridized carbons (Fsp3) is 0.182. The van der Waals surface area contributed by atoms with Crippen LogP contribution in [0.2, 0.25) is 0 Å². The standard InChI is InChI=1S/C11H10F2N4O2S/c12-7-3-1-2-6(10(7)13)4-8-15-16-11(17(8)14)20-5-9(18)19/h1-3H,4-5,14H2,(H,18,19). The molecule has 0 bridgehead atoms. The van der Waals surface area contributed by atoms with Gasteiger partial charge in [0.25, 0.3) is 0 Å². The fourth-order valence-electron chi connectivity index (χ4n) is 1.51. The van der Waals surface area contributed by atoms with Crippen LogP contribution in [0.4, 0.5) is 8.78 Å². The summed E-state index contributed by atoms with van der Waals surface area (Å²) >= 11 is 0.891. The number of carbonyl (C=O) groups is 1. The molecule has 0 aliphatic carbocycles. The minimum atomic E-state index is -1.02. The molecule has 0 spiro atoms. The lowest BCUT2D eigenvalue weighted by molar-refractivity contribution is -0.133. The lowest BCUT2D eigenvalue weighted by Crippen LogP contribution is -2.15. The molecule has 106 valence electrons. The molecule has 0 amide bonds. The monoisotopic (exact) mass is 300 g/mol. The number of nitrogen functional groups attached to an aromatic ring is 1. The number of hydrogen-bond acceptors (Lipinski definition) is 5. The summed E-state index contributed by atoms with van der Waals surface area (Å²) in [4.78, 5) is 10.5. The van der Waals surface area contributed by atoms with E-state index in [4.69, 9.17) is 10.9 Å². The molecule has 0 unspecified atom stereocenters. The first-order valence-electron chi connectivity index (χ1n) is 5.46. The highest BCUT2D eigenvalue weighted by Gasteiger charge is 2.15. The van der Waals surface area contributed by atoms with Gasteiger partial charge in [-0.3, -0.25) is 4.79 Å². The van der Waals surface area contributed by atoms with E-state index in [2.05, 4.69) is 10.2 Å². The molecule has 0 atom stereocenters. The molecule has 0 aliphatic heterocycles. The molecule has 20 heavy (non-hydrogen) atoms. The number of rotatable bonds is 5. The van der Waals surface area contributed by atoms with Gasteiger partial charge in [0.2, 0.25) is 5.16 Å². The molecule has 0 radical (unpaired) electrons. The lowest BCUT2D eigenvalue weighted by atomic mass is 10.1. The van der Waals surface area contributed by atoms with E-state index in [1.807, 2.05) is 0 Å². The third-order valence-electron chi connectivity index (χ3n) is 2.44. The van der Waals surface area contributed by atoms with Crippen molar-refractivity contribution in [1.82, 2.24) is 14.9 Å². The second-order valence-corrected chi connectivity index (χ2v) is 4.78. The first-order valence-corrected chi connectivity index (χ1v) is 6.44. The SMILES string of the molecule is Nn1c(Cc2cccc(F)c2F)nnc1SCC(=O)O. The zero-order chi connectivity index (χ0) is 14.7. The highest BCUT2D eigenvalue weighted by molar-refractivity contribution is 7.99. The van der Waals surface area contributed by atoms with Crippen molar-refractivity contribution in [3.8, 4) is 0 Å². The van der Waals surface area contributed by atoms with E-state index in [-0.39, 0.29) is 28.7 Å². The zero-order valence-electron chi connectivity index (χ0n) is 10.1. The van der Waals surface area contributed by atoms with E-state index < -0.39 is 17.6 Å². The van der Waals surface area contributed by atoms with Gasteiger partial charge < -0.3 is 10.9 Å². The molecule has 6 nitrogen and oxygen atoms in total. The third kappa shape index (κ3) is 3.05. The van der Waals surface area contributed by atoms with Crippen LogP contribution in [0, 0.1) is 11.6 Å². The summed E-state index contributed by atoms with van der Waals surface area (Å²) in [6.45, 7) is 0. The number of thioether (sulfide) groups is 1. The number of carboxylic acids is 1. The smallest absolute Gasteiger partial charge is 0.313 e. The van der Waals surface area contributed by atoms with Crippen molar-refractivity contribution in [3.05, 3.63) is 41.2 Å². The number of carboxylic acid groups (broad SMARTS) is 1. The van der Waals surface area contributed by atoms with Crippen molar-refractivity contribution in [2.45, 2.75) is 11.6 Å². The van der Waals surface area contributed by atoms with Crippen LogP contribution in [-0.2, 0) is 11.2 Å². The summed E-state index contributed by atoms with van der Waals surface area (Å²) < 4.78 is 27.7. The van der Waals surface area contributed by atoms with Crippen molar-refractivity contribution < 1.29 is 18.7 Å². The highest BCUT2D eigenvalue weighted by Crippen LogP contribution is 2.18. The average Bonchev–Trinajstić information content (AvgIpc) is 2.74. The molecule has 9 heteroatoms. The largest absolute Gasteiger partial charge is 0.481 e. The van der Waals surface area contributed by atoms with Crippen molar-refractivity contribution in [2.75, 3.05) is 11.6 Å². The van der Waals surface area contributed by atoms with E-state index in [1.165, 1.54) is 12.1 Å². The van der Waals surface area contributed by atoms with Crippen molar-refractivity contribution in [2.24, 2.45) is 0 Å². The first-order chi connectivity index (χ1) is 9.49. The van der Waals surface area contributed by atoms with Crippen molar-refractivity contribution in [1.29, 1.82) is 0 Å². The maximum absolute atomic E-state index is 13.5. The normalized spacial score (nSPS) is 10.7. The lowest BCUT2D eigenvalue weighted by Gasteiger charge is -2.04. The minimum Gasteiger partial charge on any atom is -0.481 e. The van der Waals surface area contributed by atoms with Gasteiger partial charge in [-0.05, 0) is 11.6 Å². The van der Waals surface area contributed by atoms with E-state index in [0.717, 1.165) is 22.5 Å². The summed E-state index contributed by atoms with van der Waals surface area (Å²) in [5.41, 5.74) is 0.0962. The van der Waals surface area contributed by atoms with E-state index >= 15 is 0 Å². The number of nitrogens with zero attached hydrogens (tertiary/aromatic N) is 3. The Kier molecular flexibility index (Phi) is 4.18. The number of benzene rings is 1. The molecule has 0 fully saturated rings. The summed E-state index contributed by atoms with van der Waals surface area (Å²) in [6, 6.07) is 3.81. The summed E-state index contributed by atoms with van der Waals surface area (Å²) in [5, 5.41) is 16.2. The molecular weight excluding hydrogens is 290 g/mol. The van der Waals surface area contributed by atoms with E-state index in [1.54, 1.807) is 0 Å². The van der Waals surface area contributed by atoms with Gasteiger partial charge in [0.15, 0.2) is 17.5 Å². The minimum absolute atomic E-state index is 0.0409. The highest BCUT2D eigenvalue weighted by atomic mass is 32.2. The Labute approximate surface area is 116 Å². The number of hydrogen-bond donors (Lipinski definition) is 2. The van der Waals surface area contributed by atoms with Crippen LogP contribution >= 0.6 is 11.8 Å². The van der Waals surface area contributed by atoms with Crippen LogP contribution in [0.1, 0.15) is 11.4 Å². The van der Waals surface area contributed by atoms with Gasteiger partial charge in [-0.25, -0.2) is 13.5 Å². The van der Waals surface area contributed by atoms with Gasteiger partial charge in [0, 0.05) is 6.42 Å². The predicted molar refractivity (Wildman–Crippen MR) is 67.7 cm³/mol. The maximum Gasteiger partial charge on any atom is 0.313 e. The van der Waals surface area contributed by atoms with Crippen LogP contribution in [0.15, 0.2) is 23.4 Å². The number of aliphatic carboxylic acids is 1. The second-order valence-electron chi connectivity index (χ2n) is 3.84. The summed E-state index contributed by atoms with van der Waals surface area (Å²) in [7, 11) is 0. The van der Waals surface area contributed by atoms with Gasteiger partial charge in [-0.1, -0.05) is 23.9 Å². The van der Waals surface area contributed by atoms with Gasteiger partial charge in [-0.15, -0.1) is 10.2 Å². The van der Waals surface area contributed by atoms with Crippen LogP contribution in [0.25, 0.3) is 0 Å².